The second-order valence-corrected chi connectivity index (χ2v) is 8.00. The van der Waals surface area contributed by atoms with Gasteiger partial charge in [-0.05, 0) is 47.0 Å². The molecule has 206 valence electrons. The van der Waals surface area contributed by atoms with Crippen molar-refractivity contribution in [2.45, 2.75) is 0 Å². The maximum Gasteiger partial charge on any atom is 0.335 e. The summed E-state index contributed by atoms with van der Waals surface area (Å²) in [4.78, 5) is 46.7. The molecule has 0 aromatic heterocycles. The van der Waals surface area contributed by atoms with Gasteiger partial charge in [0.1, 0.15) is 28.8 Å². The van der Waals surface area contributed by atoms with E-state index in [2.05, 4.69) is 26.3 Å². The van der Waals surface area contributed by atoms with Crippen molar-refractivity contribution in [3.8, 4) is 34.1 Å². The Morgan fingerprint density at radius 1 is 0.537 bits per heavy atom. The average molecular weight is 555 g/mol. The Balaban J connectivity index is 1.95. The summed E-state index contributed by atoms with van der Waals surface area (Å²) in [7, 11) is 0. The summed E-state index contributed by atoms with van der Waals surface area (Å²) in [5.41, 5.74) is 1.41. The molecule has 0 saturated carbocycles. The van der Waals surface area contributed by atoms with Gasteiger partial charge in [-0.1, -0.05) is 50.6 Å². The number of halogens is 1. The number of carbonyl (C=O) groups excluding carboxylic acids is 4. The topological polar surface area (TPSA) is 105 Å². The van der Waals surface area contributed by atoms with Crippen LogP contribution in [-0.4, -0.2) is 23.9 Å². The number of hydrogen-bond donors (Lipinski definition) is 0. The first kappa shape index (κ1) is 29.7. The van der Waals surface area contributed by atoms with Gasteiger partial charge >= 0.3 is 23.9 Å². The van der Waals surface area contributed by atoms with Crippen LogP contribution >= 0.6 is 0 Å². The third-order valence-corrected chi connectivity index (χ3v) is 5.11. The normalized spacial score (nSPS) is 10.3. The number of esters is 4. The van der Waals surface area contributed by atoms with Gasteiger partial charge in [-0.15, -0.1) is 0 Å². The molecule has 0 heterocycles. The smallest absolute Gasteiger partial charge is 0.335 e. The number of hydrogen-bond acceptors (Lipinski definition) is 8. The van der Waals surface area contributed by atoms with Crippen molar-refractivity contribution in [2.75, 3.05) is 0 Å². The van der Waals surface area contributed by atoms with Crippen molar-refractivity contribution in [3.63, 3.8) is 0 Å². The lowest BCUT2D eigenvalue weighted by Crippen LogP contribution is -2.06. The van der Waals surface area contributed by atoms with E-state index in [9.17, 15) is 19.2 Å². The van der Waals surface area contributed by atoms with Crippen LogP contribution in [0, 0.1) is 5.82 Å². The second kappa shape index (κ2) is 13.8. The van der Waals surface area contributed by atoms with Gasteiger partial charge in [0, 0.05) is 42.0 Å². The Kier molecular flexibility index (Phi) is 10.0. The SMILES string of the molecule is C=CC(=O)Oc1cc(C=Cc2ccc(-c3cc(OC(=O)C=C)cc(OC(=O)C=C)c3)cc2F)cc(OC(=O)C=C)c1. The quantitative estimate of drug-likeness (QED) is 0.123. The van der Waals surface area contributed by atoms with E-state index in [1.54, 1.807) is 6.07 Å². The van der Waals surface area contributed by atoms with Crippen molar-refractivity contribution in [2.24, 2.45) is 0 Å². The molecule has 41 heavy (non-hydrogen) atoms. The van der Waals surface area contributed by atoms with E-state index >= 15 is 4.39 Å². The molecule has 0 atom stereocenters. The summed E-state index contributed by atoms with van der Waals surface area (Å²) in [6, 6.07) is 12.9. The molecular weight excluding hydrogens is 531 g/mol. The van der Waals surface area contributed by atoms with Crippen LogP contribution in [0.3, 0.4) is 0 Å². The van der Waals surface area contributed by atoms with E-state index in [4.69, 9.17) is 18.9 Å². The van der Waals surface area contributed by atoms with Gasteiger partial charge in [-0.3, -0.25) is 0 Å². The molecule has 0 N–H and O–H groups in total. The van der Waals surface area contributed by atoms with Crippen LogP contribution < -0.4 is 18.9 Å². The molecule has 0 aliphatic carbocycles. The molecule has 0 aliphatic rings. The molecule has 0 spiro atoms. The Labute approximate surface area is 234 Å². The average Bonchev–Trinajstić information content (AvgIpc) is 2.95. The molecule has 0 saturated heterocycles. The Morgan fingerprint density at radius 2 is 0.951 bits per heavy atom. The minimum atomic E-state index is -0.736. The summed E-state index contributed by atoms with van der Waals surface area (Å²) < 4.78 is 35.7. The highest BCUT2D eigenvalue weighted by Crippen LogP contribution is 2.32. The van der Waals surface area contributed by atoms with Gasteiger partial charge in [0.25, 0.3) is 0 Å². The fourth-order valence-corrected chi connectivity index (χ4v) is 3.32. The Hall–Kier alpha value is -5.83. The second-order valence-electron chi connectivity index (χ2n) is 8.00. The van der Waals surface area contributed by atoms with Crippen molar-refractivity contribution < 1.29 is 42.5 Å². The molecular formula is C32H23FO8. The van der Waals surface area contributed by atoms with Crippen LogP contribution in [0.5, 0.6) is 23.0 Å². The largest absolute Gasteiger partial charge is 0.423 e. The van der Waals surface area contributed by atoms with E-state index in [0.29, 0.717) is 16.7 Å². The fraction of sp³-hybridized carbons (Fsp3) is 0. The van der Waals surface area contributed by atoms with Crippen molar-refractivity contribution in [1.82, 2.24) is 0 Å². The van der Waals surface area contributed by atoms with Crippen LogP contribution in [0.15, 0.2) is 105 Å². The minimum absolute atomic E-state index is 0.0497. The van der Waals surface area contributed by atoms with Gasteiger partial charge < -0.3 is 18.9 Å². The third-order valence-electron chi connectivity index (χ3n) is 5.11. The first-order valence-electron chi connectivity index (χ1n) is 11.8. The summed E-state index contributed by atoms with van der Waals surface area (Å²) >= 11 is 0. The molecule has 0 radical (unpaired) electrons. The maximum absolute atomic E-state index is 15.2. The predicted molar refractivity (Wildman–Crippen MR) is 151 cm³/mol. The fourth-order valence-electron chi connectivity index (χ4n) is 3.32. The molecule has 0 amide bonds. The van der Waals surface area contributed by atoms with Crippen molar-refractivity contribution in [1.29, 1.82) is 0 Å². The van der Waals surface area contributed by atoms with Crippen molar-refractivity contribution in [3.05, 3.63) is 122 Å². The molecule has 9 heteroatoms. The lowest BCUT2D eigenvalue weighted by atomic mass is 10.0. The number of rotatable bonds is 11. The zero-order valence-electron chi connectivity index (χ0n) is 21.6. The van der Waals surface area contributed by atoms with E-state index < -0.39 is 29.7 Å². The van der Waals surface area contributed by atoms with Crippen LogP contribution in [-0.2, 0) is 19.2 Å². The molecule has 0 fully saturated rings. The first-order chi connectivity index (χ1) is 19.6. The van der Waals surface area contributed by atoms with E-state index in [1.165, 1.54) is 60.7 Å². The summed E-state index contributed by atoms with van der Waals surface area (Å²) in [6.07, 6.45) is 6.87. The number of benzene rings is 3. The van der Waals surface area contributed by atoms with Gasteiger partial charge in [-0.2, -0.15) is 0 Å². The third kappa shape index (κ3) is 8.59. The Bertz CT molecular complexity index is 1520. The number of carbonyl (C=O) groups is 4. The monoisotopic (exact) mass is 554 g/mol. The lowest BCUT2D eigenvalue weighted by Gasteiger charge is -2.10. The first-order valence-corrected chi connectivity index (χ1v) is 11.8. The standard InChI is InChI=1S/C32H23FO8/c1-5-29(34)38-24-13-20(14-25(18-24)39-30(35)6-2)9-10-21-11-12-22(17-28(21)33)23-15-26(40-31(36)7-3)19-27(16-23)41-32(37)8-4/h5-19H,1-4H2. The highest BCUT2D eigenvalue weighted by Gasteiger charge is 2.12. The maximum atomic E-state index is 15.2. The zero-order chi connectivity index (χ0) is 29.9. The summed E-state index contributed by atoms with van der Waals surface area (Å²) in [5, 5.41) is 0. The molecule has 8 nitrogen and oxygen atoms in total. The molecule has 3 rings (SSSR count). The van der Waals surface area contributed by atoms with Gasteiger partial charge in [0.15, 0.2) is 0 Å². The van der Waals surface area contributed by atoms with E-state index in [-0.39, 0.29) is 28.6 Å². The van der Waals surface area contributed by atoms with Gasteiger partial charge in [0.2, 0.25) is 0 Å². The van der Waals surface area contributed by atoms with Gasteiger partial charge in [0.05, 0.1) is 0 Å². The molecule has 3 aromatic carbocycles. The van der Waals surface area contributed by atoms with Crippen LogP contribution in [0.4, 0.5) is 4.39 Å². The minimum Gasteiger partial charge on any atom is -0.423 e. The van der Waals surface area contributed by atoms with E-state index in [0.717, 1.165) is 24.3 Å². The van der Waals surface area contributed by atoms with Crippen LogP contribution in [0.1, 0.15) is 11.1 Å². The Morgan fingerprint density at radius 3 is 1.34 bits per heavy atom. The van der Waals surface area contributed by atoms with Crippen molar-refractivity contribution >= 4 is 36.0 Å². The highest BCUT2D eigenvalue weighted by atomic mass is 19.1. The highest BCUT2D eigenvalue weighted by molar-refractivity contribution is 5.86. The molecule has 0 unspecified atom stereocenters. The van der Waals surface area contributed by atoms with E-state index in [1.807, 2.05) is 0 Å². The van der Waals surface area contributed by atoms with Gasteiger partial charge in [-0.25, -0.2) is 23.6 Å². The molecule has 3 aromatic rings. The molecule has 0 aliphatic heterocycles. The zero-order valence-corrected chi connectivity index (χ0v) is 21.6. The van der Waals surface area contributed by atoms with Crippen LogP contribution in [0.2, 0.25) is 0 Å². The predicted octanol–water partition coefficient (Wildman–Crippen LogP) is 6.03. The summed E-state index contributed by atoms with van der Waals surface area (Å²) in [5.74, 6) is -3.28. The molecule has 0 bridgehead atoms. The summed E-state index contributed by atoms with van der Waals surface area (Å²) in [6.45, 7) is 13.4. The van der Waals surface area contributed by atoms with Crippen LogP contribution in [0.25, 0.3) is 23.3 Å². The lowest BCUT2D eigenvalue weighted by molar-refractivity contribution is -0.130. The number of ether oxygens (including phenoxy) is 4.